The molecule has 4 heteroatoms. The zero-order chi connectivity index (χ0) is 15.8. The number of hydrogen-bond acceptors (Lipinski definition) is 2. The number of hydrogen-bond donors (Lipinski definition) is 1. The molecule has 1 N–H and O–H groups in total. The molecule has 1 aromatic rings. The fourth-order valence-electron chi connectivity index (χ4n) is 2.85. The molecule has 2 unspecified atom stereocenters. The van der Waals surface area contributed by atoms with Gasteiger partial charge < -0.3 is 10.1 Å². The minimum atomic E-state index is 0.275. The molecule has 0 aromatic heterocycles. The van der Waals surface area contributed by atoms with Crippen molar-refractivity contribution in [3.8, 4) is 5.75 Å². The van der Waals surface area contributed by atoms with E-state index in [-0.39, 0.29) is 6.04 Å². The summed E-state index contributed by atoms with van der Waals surface area (Å²) in [5, 5.41) is 4.37. The van der Waals surface area contributed by atoms with Crippen LogP contribution in [0, 0.1) is 5.92 Å². The Balaban J connectivity index is 3.19. The van der Waals surface area contributed by atoms with Crippen molar-refractivity contribution in [1.82, 2.24) is 5.32 Å². The lowest BCUT2D eigenvalue weighted by Crippen LogP contribution is -2.28. The topological polar surface area (TPSA) is 21.3 Å². The monoisotopic (exact) mass is 375 g/mol. The molecule has 0 aliphatic rings. The lowest BCUT2D eigenvalue weighted by atomic mass is 9.86. The van der Waals surface area contributed by atoms with Crippen molar-refractivity contribution in [3.63, 3.8) is 0 Å². The molecule has 0 saturated heterocycles. The van der Waals surface area contributed by atoms with Crippen molar-refractivity contribution < 1.29 is 4.74 Å². The highest BCUT2D eigenvalue weighted by molar-refractivity contribution is 9.10. The zero-order valence-electron chi connectivity index (χ0n) is 13.5. The molecule has 0 aliphatic heterocycles. The number of nitrogens with one attached hydrogen (secondary N) is 1. The van der Waals surface area contributed by atoms with E-state index in [9.17, 15) is 0 Å². The standard InChI is InChI=1S/C17H27BrClNO/c1-5-8-9-12(6-2)16(20-7-3)14-10-13(19)11-15(18)17(14)21-4/h10-12,16,20H,5-9H2,1-4H3. The predicted molar refractivity (Wildman–Crippen MR) is 95.4 cm³/mol. The quantitative estimate of drug-likeness (QED) is 0.572. The molecule has 0 aliphatic carbocycles. The van der Waals surface area contributed by atoms with E-state index in [4.69, 9.17) is 16.3 Å². The molecule has 21 heavy (non-hydrogen) atoms. The van der Waals surface area contributed by atoms with Gasteiger partial charge in [-0.15, -0.1) is 0 Å². The fourth-order valence-corrected chi connectivity index (χ4v) is 3.85. The maximum Gasteiger partial charge on any atom is 0.137 e. The molecule has 0 heterocycles. The van der Waals surface area contributed by atoms with Gasteiger partial charge in [-0.1, -0.05) is 51.6 Å². The fraction of sp³-hybridized carbons (Fsp3) is 0.647. The summed E-state index contributed by atoms with van der Waals surface area (Å²) in [5.74, 6) is 1.48. The zero-order valence-corrected chi connectivity index (χ0v) is 15.9. The number of halogens is 2. The van der Waals surface area contributed by atoms with Gasteiger partial charge in [0.25, 0.3) is 0 Å². The van der Waals surface area contributed by atoms with Crippen LogP contribution in [0.25, 0.3) is 0 Å². The summed E-state index contributed by atoms with van der Waals surface area (Å²) >= 11 is 9.83. The van der Waals surface area contributed by atoms with Crippen LogP contribution in [0.4, 0.5) is 0 Å². The number of unbranched alkanes of at least 4 members (excludes halogenated alkanes) is 1. The number of methoxy groups -OCH3 is 1. The molecule has 0 radical (unpaired) electrons. The Hall–Kier alpha value is -0.250. The second-order valence-electron chi connectivity index (χ2n) is 5.36. The molecule has 0 amide bonds. The lowest BCUT2D eigenvalue weighted by molar-refractivity contribution is 0.314. The Morgan fingerprint density at radius 3 is 2.52 bits per heavy atom. The minimum absolute atomic E-state index is 0.275. The van der Waals surface area contributed by atoms with Crippen molar-refractivity contribution in [3.05, 3.63) is 27.2 Å². The molecule has 1 aromatic carbocycles. The summed E-state index contributed by atoms with van der Waals surface area (Å²) in [6.45, 7) is 7.58. The van der Waals surface area contributed by atoms with E-state index in [0.29, 0.717) is 5.92 Å². The SMILES string of the molecule is CCCCC(CC)C(NCC)c1cc(Cl)cc(Br)c1OC. The third-order valence-electron chi connectivity index (χ3n) is 3.92. The molecule has 2 nitrogen and oxygen atoms in total. The molecular weight excluding hydrogens is 350 g/mol. The predicted octanol–water partition coefficient (Wildman–Crippen LogP) is 5.98. The third kappa shape index (κ3) is 5.15. The molecule has 2 atom stereocenters. The van der Waals surface area contributed by atoms with E-state index in [1.165, 1.54) is 19.3 Å². The maximum absolute atomic E-state index is 6.26. The van der Waals surface area contributed by atoms with Crippen molar-refractivity contribution in [2.75, 3.05) is 13.7 Å². The molecule has 1 rings (SSSR count). The second-order valence-corrected chi connectivity index (χ2v) is 6.65. The van der Waals surface area contributed by atoms with E-state index in [1.54, 1.807) is 7.11 Å². The number of rotatable bonds is 9. The van der Waals surface area contributed by atoms with Crippen LogP contribution in [0.5, 0.6) is 5.75 Å². The molecular formula is C17H27BrClNO. The van der Waals surface area contributed by atoms with Crippen LogP contribution in [-0.2, 0) is 0 Å². The maximum atomic E-state index is 6.26. The minimum Gasteiger partial charge on any atom is -0.495 e. The van der Waals surface area contributed by atoms with Gasteiger partial charge >= 0.3 is 0 Å². The van der Waals surface area contributed by atoms with Gasteiger partial charge in [-0.05, 0) is 46.9 Å². The Morgan fingerprint density at radius 1 is 1.29 bits per heavy atom. The number of ether oxygens (including phenoxy) is 1. The van der Waals surface area contributed by atoms with E-state index in [1.807, 2.05) is 12.1 Å². The van der Waals surface area contributed by atoms with E-state index < -0.39 is 0 Å². The van der Waals surface area contributed by atoms with Crippen LogP contribution in [0.15, 0.2) is 16.6 Å². The van der Waals surface area contributed by atoms with Crippen molar-refractivity contribution >= 4 is 27.5 Å². The average Bonchev–Trinajstić information content (AvgIpc) is 2.46. The highest BCUT2D eigenvalue weighted by Gasteiger charge is 2.25. The molecule has 0 saturated carbocycles. The van der Waals surface area contributed by atoms with Crippen LogP contribution in [-0.4, -0.2) is 13.7 Å². The van der Waals surface area contributed by atoms with Crippen molar-refractivity contribution in [2.24, 2.45) is 5.92 Å². The summed E-state index contributed by atoms with van der Waals surface area (Å²) in [4.78, 5) is 0. The van der Waals surface area contributed by atoms with Gasteiger partial charge in [0.1, 0.15) is 5.75 Å². The first-order chi connectivity index (χ1) is 10.1. The van der Waals surface area contributed by atoms with E-state index in [0.717, 1.165) is 33.8 Å². The highest BCUT2D eigenvalue weighted by Crippen LogP contribution is 2.40. The van der Waals surface area contributed by atoms with Crippen LogP contribution >= 0.6 is 27.5 Å². The largest absolute Gasteiger partial charge is 0.495 e. The first-order valence-electron chi connectivity index (χ1n) is 7.85. The Bertz CT molecular complexity index is 439. The number of benzene rings is 1. The van der Waals surface area contributed by atoms with E-state index >= 15 is 0 Å². The van der Waals surface area contributed by atoms with Gasteiger partial charge in [-0.2, -0.15) is 0 Å². The Kier molecular flexibility index (Phi) is 8.69. The van der Waals surface area contributed by atoms with Gasteiger partial charge in [0.15, 0.2) is 0 Å². The van der Waals surface area contributed by atoms with Gasteiger partial charge in [0.2, 0.25) is 0 Å². The normalized spacial score (nSPS) is 14.0. The first-order valence-corrected chi connectivity index (χ1v) is 9.02. The summed E-state index contributed by atoms with van der Waals surface area (Å²) in [5.41, 5.74) is 1.15. The van der Waals surface area contributed by atoms with Crippen LogP contribution in [0.2, 0.25) is 5.02 Å². The second kappa shape index (κ2) is 9.70. The molecule has 0 spiro atoms. The van der Waals surface area contributed by atoms with Gasteiger partial charge in [0.05, 0.1) is 11.6 Å². The smallest absolute Gasteiger partial charge is 0.137 e. The third-order valence-corrected chi connectivity index (χ3v) is 4.73. The van der Waals surface area contributed by atoms with Gasteiger partial charge in [0, 0.05) is 16.6 Å². The van der Waals surface area contributed by atoms with Crippen LogP contribution in [0.1, 0.15) is 58.1 Å². The molecule has 0 fully saturated rings. The van der Waals surface area contributed by atoms with Crippen molar-refractivity contribution in [1.29, 1.82) is 0 Å². The summed E-state index contributed by atoms with van der Waals surface area (Å²) < 4.78 is 6.53. The Morgan fingerprint density at radius 2 is 2.00 bits per heavy atom. The summed E-state index contributed by atoms with van der Waals surface area (Å²) in [6.07, 6.45) is 4.85. The van der Waals surface area contributed by atoms with Gasteiger partial charge in [-0.3, -0.25) is 0 Å². The average molecular weight is 377 g/mol. The van der Waals surface area contributed by atoms with Gasteiger partial charge in [-0.25, -0.2) is 0 Å². The Labute approximate surface area is 142 Å². The van der Waals surface area contributed by atoms with Crippen LogP contribution < -0.4 is 10.1 Å². The first kappa shape index (κ1) is 18.8. The molecule has 120 valence electrons. The highest BCUT2D eigenvalue weighted by atomic mass is 79.9. The lowest BCUT2D eigenvalue weighted by Gasteiger charge is -2.29. The summed E-state index contributed by atoms with van der Waals surface area (Å²) in [6, 6.07) is 4.20. The summed E-state index contributed by atoms with van der Waals surface area (Å²) in [7, 11) is 1.72. The van der Waals surface area contributed by atoms with E-state index in [2.05, 4.69) is 42.0 Å². The van der Waals surface area contributed by atoms with Crippen LogP contribution in [0.3, 0.4) is 0 Å². The van der Waals surface area contributed by atoms with Crippen molar-refractivity contribution in [2.45, 2.75) is 52.5 Å². The molecule has 0 bridgehead atoms.